The number of rotatable bonds is 22. The van der Waals surface area contributed by atoms with Gasteiger partial charge in [-0.1, -0.05) is 85.2 Å². The SMILES string of the molecule is CCC(C)C(C(CC(=O)N1CCCC1C(OC)C(C)C(=O)NC(Cc1ccccc1)C(=O)OC)OC)N(C)C(=O)C(CC(=O)C(NC)C(C)C)C(C)C. The first-order valence-corrected chi connectivity index (χ1v) is 19.3. The highest BCUT2D eigenvalue weighted by Gasteiger charge is 2.43. The Morgan fingerprint density at radius 3 is 2.08 bits per heavy atom. The van der Waals surface area contributed by atoms with Gasteiger partial charge in [-0.05, 0) is 43.2 Å². The number of Topliss-reactive ketones (excluding diaryl/α,β-unsaturated/α-hetero) is 1. The Morgan fingerprint density at radius 2 is 1.57 bits per heavy atom. The second-order valence-electron chi connectivity index (χ2n) is 15.4. The van der Waals surface area contributed by atoms with E-state index in [-0.39, 0.29) is 72.6 Å². The number of amides is 3. The molecule has 2 N–H and O–H groups in total. The molecule has 9 unspecified atom stereocenters. The lowest BCUT2D eigenvalue weighted by molar-refractivity contribution is -0.149. The zero-order valence-corrected chi connectivity index (χ0v) is 34.3. The van der Waals surface area contributed by atoms with Gasteiger partial charge in [0.1, 0.15) is 6.04 Å². The van der Waals surface area contributed by atoms with Crippen molar-refractivity contribution in [3.05, 3.63) is 35.9 Å². The number of ether oxygens (including phenoxy) is 3. The van der Waals surface area contributed by atoms with Crippen LogP contribution < -0.4 is 10.6 Å². The smallest absolute Gasteiger partial charge is 0.328 e. The molecule has 1 saturated heterocycles. The number of hydrogen-bond donors (Lipinski definition) is 2. The number of carbonyl (C=O) groups is 5. The van der Waals surface area contributed by atoms with Crippen LogP contribution in [0.15, 0.2) is 30.3 Å². The van der Waals surface area contributed by atoms with Gasteiger partial charge < -0.3 is 34.6 Å². The van der Waals surface area contributed by atoms with Crippen molar-refractivity contribution in [1.82, 2.24) is 20.4 Å². The Bertz CT molecular complexity index is 1320. The summed E-state index contributed by atoms with van der Waals surface area (Å²) >= 11 is 0. The third-order valence-electron chi connectivity index (χ3n) is 11.2. The van der Waals surface area contributed by atoms with E-state index < -0.39 is 42.1 Å². The maximum atomic E-state index is 14.2. The average Bonchev–Trinajstić information content (AvgIpc) is 3.62. The molecular weight excluding hydrogens is 676 g/mol. The van der Waals surface area contributed by atoms with Gasteiger partial charge in [0.05, 0.1) is 49.8 Å². The number of methoxy groups -OCH3 is 3. The lowest BCUT2D eigenvalue weighted by Crippen LogP contribution is -2.55. The van der Waals surface area contributed by atoms with E-state index in [4.69, 9.17) is 14.2 Å². The second kappa shape index (κ2) is 22.1. The molecule has 1 aromatic rings. The van der Waals surface area contributed by atoms with E-state index in [1.807, 2.05) is 65.0 Å². The summed E-state index contributed by atoms with van der Waals surface area (Å²) in [7, 11) is 7.91. The highest BCUT2D eigenvalue weighted by atomic mass is 16.5. The van der Waals surface area contributed by atoms with Gasteiger partial charge >= 0.3 is 5.97 Å². The van der Waals surface area contributed by atoms with Crippen molar-refractivity contribution in [1.29, 1.82) is 0 Å². The van der Waals surface area contributed by atoms with E-state index in [9.17, 15) is 24.0 Å². The molecule has 53 heavy (non-hydrogen) atoms. The number of nitrogens with one attached hydrogen (secondary N) is 2. The molecule has 9 atom stereocenters. The van der Waals surface area contributed by atoms with E-state index in [1.165, 1.54) is 14.2 Å². The minimum Gasteiger partial charge on any atom is -0.467 e. The van der Waals surface area contributed by atoms with Crippen LogP contribution in [0.5, 0.6) is 0 Å². The van der Waals surface area contributed by atoms with Gasteiger partial charge in [0.2, 0.25) is 17.7 Å². The van der Waals surface area contributed by atoms with Crippen molar-refractivity contribution in [2.24, 2.45) is 29.6 Å². The summed E-state index contributed by atoms with van der Waals surface area (Å²) in [6, 6.07) is 7.36. The molecule has 1 aliphatic heterocycles. The van der Waals surface area contributed by atoms with Crippen LogP contribution in [0.1, 0.15) is 86.1 Å². The molecule has 3 amide bonds. The van der Waals surface area contributed by atoms with Crippen molar-refractivity contribution in [2.75, 3.05) is 42.0 Å². The van der Waals surface area contributed by atoms with E-state index >= 15 is 0 Å². The first-order valence-electron chi connectivity index (χ1n) is 19.3. The number of likely N-dealkylation sites (tertiary alicyclic amines) is 1. The van der Waals surface area contributed by atoms with Gasteiger partial charge in [0.25, 0.3) is 0 Å². The standard InChI is InChI=1S/C41H68N4O8/c1-13-27(6)37(44(9)40(49)30(25(2)3)23-33(46)36(42-8)26(4)5)34(51-10)24-35(47)45-21-17-20-32(45)38(52-11)28(7)39(48)43-31(41(50)53-12)22-29-18-15-14-16-19-29/h14-16,18-19,25-28,30-32,34,36-38,42H,13,17,20-24H2,1-12H3,(H,43,48). The lowest BCUT2D eigenvalue weighted by Gasteiger charge is -2.41. The molecule has 1 aromatic carbocycles. The molecule has 0 radical (unpaired) electrons. The second-order valence-corrected chi connectivity index (χ2v) is 15.4. The van der Waals surface area contributed by atoms with Crippen LogP contribution in [-0.2, 0) is 44.6 Å². The maximum Gasteiger partial charge on any atom is 0.328 e. The lowest BCUT2D eigenvalue weighted by atomic mass is 9.84. The van der Waals surface area contributed by atoms with Crippen LogP contribution in [0.4, 0.5) is 0 Å². The van der Waals surface area contributed by atoms with Gasteiger partial charge in [-0.3, -0.25) is 19.2 Å². The molecule has 2 rings (SSSR count). The number of hydrogen-bond acceptors (Lipinski definition) is 9. The highest BCUT2D eigenvalue weighted by Crippen LogP contribution is 2.31. The molecule has 300 valence electrons. The molecule has 12 heteroatoms. The van der Waals surface area contributed by atoms with Gasteiger partial charge in [-0.2, -0.15) is 0 Å². The van der Waals surface area contributed by atoms with E-state index in [1.54, 1.807) is 37.9 Å². The molecule has 1 aliphatic rings. The van der Waals surface area contributed by atoms with Gasteiger partial charge in [-0.25, -0.2) is 4.79 Å². The molecule has 0 aromatic heterocycles. The number of likely N-dealkylation sites (N-methyl/N-ethyl adjacent to an activating group) is 2. The molecular formula is C41H68N4O8. The van der Waals surface area contributed by atoms with Gasteiger partial charge in [0, 0.05) is 46.6 Å². The minimum absolute atomic E-state index is 0.00519. The van der Waals surface area contributed by atoms with E-state index in [0.29, 0.717) is 13.0 Å². The quantitative estimate of drug-likeness (QED) is 0.166. The summed E-state index contributed by atoms with van der Waals surface area (Å²) < 4.78 is 16.9. The number of nitrogens with zero attached hydrogens (tertiary/aromatic N) is 2. The molecule has 0 bridgehead atoms. The summed E-state index contributed by atoms with van der Waals surface area (Å²) in [6.45, 7) is 14.2. The number of carbonyl (C=O) groups excluding carboxylic acids is 5. The van der Waals surface area contributed by atoms with Crippen LogP contribution in [-0.4, -0.2) is 118 Å². The summed E-state index contributed by atoms with van der Waals surface area (Å²) in [5.41, 5.74) is 0.879. The third kappa shape index (κ3) is 12.3. The van der Waals surface area contributed by atoms with Crippen molar-refractivity contribution < 1.29 is 38.2 Å². The Labute approximate surface area is 318 Å². The maximum absolute atomic E-state index is 14.2. The predicted molar refractivity (Wildman–Crippen MR) is 206 cm³/mol. The minimum atomic E-state index is -0.885. The van der Waals surface area contributed by atoms with Crippen LogP contribution >= 0.6 is 0 Å². The number of esters is 1. The molecule has 12 nitrogen and oxygen atoms in total. The largest absolute Gasteiger partial charge is 0.467 e. The van der Waals surface area contributed by atoms with Gasteiger partial charge in [0.15, 0.2) is 5.78 Å². The number of benzene rings is 1. The van der Waals surface area contributed by atoms with Crippen molar-refractivity contribution in [3.63, 3.8) is 0 Å². The highest BCUT2D eigenvalue weighted by molar-refractivity contribution is 5.90. The molecule has 1 heterocycles. The normalized spacial score (nSPS) is 19.1. The van der Waals surface area contributed by atoms with Crippen LogP contribution in [0, 0.1) is 29.6 Å². The molecule has 0 spiro atoms. The van der Waals surface area contributed by atoms with Crippen molar-refractivity contribution >= 4 is 29.5 Å². The Morgan fingerprint density at radius 1 is 0.925 bits per heavy atom. The Balaban J connectivity index is 2.27. The van der Waals surface area contributed by atoms with E-state index in [2.05, 4.69) is 17.6 Å². The summed E-state index contributed by atoms with van der Waals surface area (Å²) in [5, 5.41) is 5.97. The van der Waals surface area contributed by atoms with Crippen molar-refractivity contribution in [2.45, 2.75) is 123 Å². The Kier molecular flexibility index (Phi) is 19.1. The van der Waals surface area contributed by atoms with Crippen LogP contribution in [0.3, 0.4) is 0 Å². The molecule has 0 aliphatic carbocycles. The zero-order valence-electron chi connectivity index (χ0n) is 34.3. The first kappa shape index (κ1) is 45.8. The third-order valence-corrected chi connectivity index (χ3v) is 11.2. The Hall–Kier alpha value is -3.35. The van der Waals surface area contributed by atoms with E-state index in [0.717, 1.165) is 18.4 Å². The van der Waals surface area contributed by atoms with Crippen LogP contribution in [0.25, 0.3) is 0 Å². The fourth-order valence-electron chi connectivity index (χ4n) is 7.87. The van der Waals surface area contributed by atoms with Crippen molar-refractivity contribution in [3.8, 4) is 0 Å². The monoisotopic (exact) mass is 745 g/mol. The fourth-order valence-corrected chi connectivity index (χ4v) is 7.87. The predicted octanol–water partition coefficient (Wildman–Crippen LogP) is 4.28. The molecule has 0 saturated carbocycles. The summed E-state index contributed by atoms with van der Waals surface area (Å²) in [6.07, 6.45) is 1.30. The van der Waals surface area contributed by atoms with Gasteiger partial charge in [-0.15, -0.1) is 0 Å². The average molecular weight is 745 g/mol. The first-order chi connectivity index (χ1) is 25.1. The summed E-state index contributed by atoms with van der Waals surface area (Å²) in [4.78, 5) is 71.5. The summed E-state index contributed by atoms with van der Waals surface area (Å²) in [5.74, 6) is -2.40. The van der Waals surface area contributed by atoms with Crippen LogP contribution in [0.2, 0.25) is 0 Å². The molecule has 1 fully saturated rings. The topological polar surface area (TPSA) is 144 Å². The number of ketones is 1. The zero-order chi connectivity index (χ0) is 40.0. The fraction of sp³-hybridized carbons (Fsp3) is 0.732.